The lowest BCUT2D eigenvalue weighted by Crippen LogP contribution is -2.20. The number of nitro benzene ring substituents is 1. The van der Waals surface area contributed by atoms with Crippen LogP contribution in [0.4, 0.5) is 5.69 Å². The van der Waals surface area contributed by atoms with E-state index in [2.05, 4.69) is 0 Å². The predicted octanol–water partition coefficient (Wildman–Crippen LogP) is 2.44. The van der Waals surface area contributed by atoms with Crippen molar-refractivity contribution in [3.8, 4) is 12.1 Å². The Labute approximate surface area is 150 Å². The summed E-state index contributed by atoms with van der Waals surface area (Å²) >= 11 is 0. The van der Waals surface area contributed by atoms with Crippen LogP contribution in [0.15, 0.2) is 47.3 Å². The van der Waals surface area contributed by atoms with Gasteiger partial charge in [-0.3, -0.25) is 30.3 Å². The number of hydrogen-bond acceptors (Lipinski definition) is 8. The third-order valence-corrected chi connectivity index (χ3v) is 4.44. The quantitative estimate of drug-likeness (QED) is 0.445. The maximum absolute atomic E-state index is 11.5. The molecule has 0 radical (unpaired) electrons. The van der Waals surface area contributed by atoms with E-state index >= 15 is 0 Å². The van der Waals surface area contributed by atoms with Gasteiger partial charge in [0, 0.05) is 24.1 Å². The van der Waals surface area contributed by atoms with Gasteiger partial charge < -0.3 is 0 Å². The molecule has 11 heteroatoms. The molecule has 11 nitrogen and oxygen atoms in total. The van der Waals surface area contributed by atoms with E-state index < -0.39 is 43.6 Å². The molecule has 0 heterocycles. The van der Waals surface area contributed by atoms with Crippen molar-refractivity contribution in [2.75, 3.05) is 0 Å². The first-order valence-electron chi connectivity index (χ1n) is 7.35. The Morgan fingerprint density at radius 3 is 2.19 bits per heavy atom. The number of allylic oxidation sites excluding steroid dienone is 5. The van der Waals surface area contributed by atoms with Gasteiger partial charge in [-0.2, -0.15) is 10.5 Å². The monoisotopic (exact) mass is 365 g/mol. The number of nitrogens with zero attached hydrogens (tertiary/aromatic N) is 5. The van der Waals surface area contributed by atoms with Gasteiger partial charge in [0.25, 0.3) is 17.1 Å². The topological polar surface area (TPSA) is 177 Å². The summed E-state index contributed by atoms with van der Waals surface area (Å²) in [6.07, 6.45) is 1.96. The van der Waals surface area contributed by atoms with Gasteiger partial charge in [-0.15, -0.1) is 0 Å². The molecule has 0 amide bonds. The van der Waals surface area contributed by atoms with E-state index in [4.69, 9.17) is 0 Å². The third-order valence-electron chi connectivity index (χ3n) is 4.44. The molecule has 2 atom stereocenters. The van der Waals surface area contributed by atoms with E-state index in [0.717, 1.165) is 24.3 Å². The second kappa shape index (κ2) is 6.16. The molecule has 0 N–H and O–H groups in total. The molecule has 0 fully saturated rings. The Kier molecular flexibility index (Phi) is 3.98. The fourth-order valence-electron chi connectivity index (χ4n) is 3.42. The summed E-state index contributed by atoms with van der Waals surface area (Å²) in [4.78, 5) is 31.5. The Balaban J connectivity index is 2.39. The van der Waals surface area contributed by atoms with E-state index in [0.29, 0.717) is 5.56 Å². The molecular formula is C16H7N5O6. The van der Waals surface area contributed by atoms with Gasteiger partial charge >= 0.3 is 0 Å². The fourth-order valence-corrected chi connectivity index (χ4v) is 3.42. The molecule has 1 aromatic rings. The van der Waals surface area contributed by atoms with Crippen molar-refractivity contribution < 1.29 is 14.8 Å². The van der Waals surface area contributed by atoms with Gasteiger partial charge in [0.2, 0.25) is 0 Å². The van der Waals surface area contributed by atoms with Gasteiger partial charge in [-0.1, -0.05) is 6.07 Å². The van der Waals surface area contributed by atoms with Crippen LogP contribution in [-0.2, 0) is 0 Å². The lowest BCUT2D eigenvalue weighted by atomic mass is 9.82. The van der Waals surface area contributed by atoms with Crippen molar-refractivity contribution in [3.63, 3.8) is 0 Å². The molecule has 27 heavy (non-hydrogen) atoms. The minimum absolute atomic E-state index is 0.00972. The summed E-state index contributed by atoms with van der Waals surface area (Å²) in [7, 11) is 0. The van der Waals surface area contributed by atoms with Crippen molar-refractivity contribution in [1.82, 2.24) is 0 Å². The summed E-state index contributed by atoms with van der Waals surface area (Å²) in [5.74, 6) is -2.02. The molecule has 0 spiro atoms. The summed E-state index contributed by atoms with van der Waals surface area (Å²) < 4.78 is 0. The van der Waals surface area contributed by atoms with E-state index in [1.807, 2.05) is 0 Å². The summed E-state index contributed by atoms with van der Waals surface area (Å²) in [5.41, 5.74) is -1.32. The highest BCUT2D eigenvalue weighted by molar-refractivity contribution is 5.86. The average Bonchev–Trinajstić information content (AvgIpc) is 2.95. The SMILES string of the molecule is N#CC(C#N)=C1c2cc([N+](=O)[O-])ccc2[C@H]2C([N+](=O)[O-])=CC([N+](=O)[O-])=C[C@H]12. The van der Waals surface area contributed by atoms with Crippen LogP contribution in [0.5, 0.6) is 0 Å². The van der Waals surface area contributed by atoms with Crippen molar-refractivity contribution in [1.29, 1.82) is 10.5 Å². The molecule has 0 bridgehead atoms. The van der Waals surface area contributed by atoms with Crippen molar-refractivity contribution in [2.24, 2.45) is 5.92 Å². The van der Waals surface area contributed by atoms with Crippen LogP contribution in [0, 0.1) is 58.9 Å². The number of fused-ring (bicyclic) bond motifs is 3. The standard InChI is InChI=1S/C16H7N5O6/c17-6-8(7-18)15-12-3-9(19(22)23)1-2-11(12)16-13(15)4-10(20(24)25)5-14(16)21(26)27/h1-5,13,16H/t13-,16-/m1/s1. The number of benzene rings is 1. The molecule has 2 aliphatic carbocycles. The van der Waals surface area contributed by atoms with E-state index in [1.54, 1.807) is 12.1 Å². The Morgan fingerprint density at radius 1 is 1.00 bits per heavy atom. The van der Waals surface area contributed by atoms with Crippen LogP contribution in [0.2, 0.25) is 0 Å². The Hall–Kier alpha value is -4.38. The first kappa shape index (κ1) is 17.4. The number of nitro groups is 3. The Morgan fingerprint density at radius 2 is 1.67 bits per heavy atom. The van der Waals surface area contributed by atoms with Gasteiger partial charge in [0.1, 0.15) is 17.7 Å². The van der Waals surface area contributed by atoms with Gasteiger partial charge in [0.15, 0.2) is 0 Å². The zero-order valence-corrected chi connectivity index (χ0v) is 13.2. The minimum Gasteiger partial charge on any atom is -0.259 e. The number of hydrogen-bond donors (Lipinski definition) is 0. The molecule has 1 aromatic carbocycles. The molecule has 0 unspecified atom stereocenters. The molecule has 0 saturated carbocycles. The fraction of sp³-hybridized carbons (Fsp3) is 0.125. The van der Waals surface area contributed by atoms with E-state index in [9.17, 15) is 40.9 Å². The van der Waals surface area contributed by atoms with Crippen LogP contribution < -0.4 is 0 Å². The molecular weight excluding hydrogens is 358 g/mol. The normalized spacial score (nSPS) is 19.6. The lowest BCUT2D eigenvalue weighted by molar-refractivity contribution is -0.440. The molecule has 0 saturated heterocycles. The second-order valence-corrected chi connectivity index (χ2v) is 5.72. The largest absolute Gasteiger partial charge is 0.272 e. The Bertz CT molecular complexity index is 1090. The molecule has 132 valence electrons. The van der Waals surface area contributed by atoms with Crippen LogP contribution in [0.25, 0.3) is 5.57 Å². The van der Waals surface area contributed by atoms with Crippen LogP contribution in [0.1, 0.15) is 17.0 Å². The van der Waals surface area contributed by atoms with Gasteiger partial charge in [-0.25, -0.2) is 0 Å². The smallest absolute Gasteiger partial charge is 0.259 e. The second-order valence-electron chi connectivity index (χ2n) is 5.72. The molecule has 0 aromatic heterocycles. The summed E-state index contributed by atoms with van der Waals surface area (Å²) in [6, 6.07) is 6.92. The van der Waals surface area contributed by atoms with E-state index in [1.165, 1.54) is 6.07 Å². The minimum atomic E-state index is -1.03. The van der Waals surface area contributed by atoms with Gasteiger partial charge in [-0.05, 0) is 16.7 Å². The van der Waals surface area contributed by atoms with Crippen molar-refractivity contribution in [3.05, 3.63) is 88.8 Å². The zero-order chi connectivity index (χ0) is 19.9. The highest BCUT2D eigenvalue weighted by Crippen LogP contribution is 2.54. The van der Waals surface area contributed by atoms with Crippen LogP contribution in [0.3, 0.4) is 0 Å². The number of nitriles is 2. The highest BCUT2D eigenvalue weighted by atomic mass is 16.6. The molecule has 2 aliphatic rings. The zero-order valence-electron chi connectivity index (χ0n) is 13.2. The van der Waals surface area contributed by atoms with Crippen molar-refractivity contribution >= 4 is 11.3 Å². The maximum atomic E-state index is 11.5. The maximum Gasteiger partial charge on any atom is 0.272 e. The average molecular weight is 365 g/mol. The van der Waals surface area contributed by atoms with Crippen molar-refractivity contribution in [2.45, 2.75) is 5.92 Å². The first-order valence-corrected chi connectivity index (χ1v) is 7.35. The molecule has 3 rings (SSSR count). The van der Waals surface area contributed by atoms with Gasteiger partial charge in [0.05, 0.1) is 26.8 Å². The summed E-state index contributed by atoms with van der Waals surface area (Å²) in [6.45, 7) is 0. The highest BCUT2D eigenvalue weighted by Gasteiger charge is 2.48. The third kappa shape index (κ3) is 2.60. The van der Waals surface area contributed by atoms with Crippen LogP contribution >= 0.6 is 0 Å². The predicted molar refractivity (Wildman–Crippen MR) is 87.6 cm³/mol. The van der Waals surface area contributed by atoms with Crippen LogP contribution in [-0.4, -0.2) is 14.8 Å². The first-order chi connectivity index (χ1) is 12.8. The summed E-state index contributed by atoms with van der Waals surface area (Å²) in [5, 5.41) is 52.3. The number of rotatable bonds is 3. The molecule has 0 aliphatic heterocycles. The number of non-ortho nitro benzene ring substituents is 1. The van der Waals surface area contributed by atoms with E-state index in [-0.39, 0.29) is 16.8 Å². The lowest BCUT2D eigenvalue weighted by Gasteiger charge is -2.18.